The normalized spacial score (nSPS) is 12.1. The van der Waals surface area contributed by atoms with Crippen LogP contribution in [0.1, 0.15) is 44.5 Å². The van der Waals surface area contributed by atoms with Gasteiger partial charge in [0.05, 0.1) is 12.7 Å². The second kappa shape index (κ2) is 7.13. The predicted molar refractivity (Wildman–Crippen MR) is 107 cm³/mol. The third kappa shape index (κ3) is 2.86. The maximum absolute atomic E-state index is 12.9. The van der Waals surface area contributed by atoms with E-state index in [-0.39, 0.29) is 11.6 Å². The van der Waals surface area contributed by atoms with Crippen molar-refractivity contribution < 1.29 is 14.1 Å². The zero-order valence-electron chi connectivity index (χ0n) is 15.9. The molecule has 0 fully saturated rings. The summed E-state index contributed by atoms with van der Waals surface area (Å²) in [7, 11) is 1.64. The first kappa shape index (κ1) is 18.3. The summed E-state index contributed by atoms with van der Waals surface area (Å²) in [5.41, 5.74) is 4.65. The highest BCUT2D eigenvalue weighted by atomic mass is 32.1. The molecule has 142 valence electrons. The Bertz CT molecular complexity index is 1120. The van der Waals surface area contributed by atoms with E-state index < -0.39 is 0 Å². The van der Waals surface area contributed by atoms with Crippen molar-refractivity contribution in [1.29, 1.82) is 5.26 Å². The zero-order valence-corrected chi connectivity index (χ0v) is 16.7. The highest BCUT2D eigenvalue weighted by molar-refractivity contribution is 7.16. The third-order valence-electron chi connectivity index (χ3n) is 5.11. The van der Waals surface area contributed by atoms with Crippen LogP contribution in [-0.4, -0.2) is 18.2 Å². The van der Waals surface area contributed by atoms with Gasteiger partial charge in [0.2, 0.25) is 0 Å². The molecule has 0 bridgehead atoms. The lowest BCUT2D eigenvalue weighted by Gasteiger charge is -2.15. The molecule has 1 aliphatic rings. The number of hydrogen-bond donors (Lipinski definition) is 1. The highest BCUT2D eigenvalue weighted by Crippen LogP contribution is 2.38. The molecule has 0 unspecified atom stereocenters. The molecule has 0 saturated carbocycles. The third-order valence-corrected chi connectivity index (χ3v) is 6.17. The molecular formula is C21H19N3O3S. The van der Waals surface area contributed by atoms with Crippen LogP contribution in [0.2, 0.25) is 0 Å². The van der Waals surface area contributed by atoms with Crippen molar-refractivity contribution in [3.63, 3.8) is 0 Å². The van der Waals surface area contributed by atoms with Crippen LogP contribution in [-0.2, 0) is 19.3 Å². The Kier molecular flexibility index (Phi) is 4.65. The molecular weight excluding hydrogens is 374 g/mol. The fraction of sp³-hybridized carbons (Fsp3) is 0.286. The monoisotopic (exact) mass is 393 g/mol. The van der Waals surface area contributed by atoms with Crippen molar-refractivity contribution in [2.75, 3.05) is 12.4 Å². The molecule has 4 rings (SSSR count). The predicted octanol–water partition coefficient (Wildman–Crippen LogP) is 4.51. The number of anilines is 1. The highest BCUT2D eigenvalue weighted by Gasteiger charge is 2.29. The molecule has 0 atom stereocenters. The number of fused-ring (bicyclic) bond motifs is 3. The number of nitrogens with one attached hydrogen (secondary N) is 1. The van der Waals surface area contributed by atoms with E-state index >= 15 is 0 Å². The molecule has 0 spiro atoms. The summed E-state index contributed by atoms with van der Waals surface area (Å²) < 4.78 is 10.8. The molecule has 0 saturated heterocycles. The smallest absolute Gasteiger partial charge is 0.278 e. The maximum Gasteiger partial charge on any atom is 0.278 e. The molecule has 28 heavy (non-hydrogen) atoms. The van der Waals surface area contributed by atoms with Gasteiger partial charge in [-0.15, -0.1) is 11.3 Å². The van der Waals surface area contributed by atoms with Gasteiger partial charge >= 0.3 is 0 Å². The average Bonchev–Trinajstić information content (AvgIpc) is 3.27. The van der Waals surface area contributed by atoms with Crippen molar-refractivity contribution in [3.8, 4) is 23.1 Å². The minimum absolute atomic E-state index is 0.282. The fourth-order valence-corrected chi connectivity index (χ4v) is 4.78. The minimum atomic E-state index is -0.345. The molecule has 3 aromatic rings. The van der Waals surface area contributed by atoms with E-state index in [0.29, 0.717) is 22.7 Å². The molecule has 0 radical (unpaired) electrons. The van der Waals surface area contributed by atoms with E-state index in [1.54, 1.807) is 7.11 Å². The summed E-state index contributed by atoms with van der Waals surface area (Å²) in [6, 6.07) is 8.00. The Hall–Kier alpha value is -3.11. The molecule has 2 aromatic heterocycles. The van der Waals surface area contributed by atoms with Gasteiger partial charge in [0.15, 0.2) is 11.5 Å². The van der Waals surface area contributed by atoms with Crippen LogP contribution < -0.4 is 10.1 Å². The number of methoxy groups -OCH3 is 1. The number of amides is 1. The van der Waals surface area contributed by atoms with Gasteiger partial charge in [-0.25, -0.2) is 0 Å². The van der Waals surface area contributed by atoms with Crippen LogP contribution in [0.15, 0.2) is 22.7 Å². The number of benzene rings is 1. The fourth-order valence-electron chi connectivity index (χ4n) is 3.69. The number of carbonyl (C=O) groups is 1. The van der Waals surface area contributed by atoms with E-state index in [2.05, 4.69) is 16.5 Å². The van der Waals surface area contributed by atoms with Gasteiger partial charge in [-0.2, -0.15) is 5.26 Å². The van der Waals surface area contributed by atoms with Gasteiger partial charge in [0, 0.05) is 16.0 Å². The Morgan fingerprint density at radius 3 is 2.96 bits per heavy atom. The Labute approximate surface area is 166 Å². The van der Waals surface area contributed by atoms with E-state index in [1.807, 2.05) is 32.0 Å². The molecule has 1 aliphatic carbocycles. The van der Waals surface area contributed by atoms with Gasteiger partial charge in [0.25, 0.3) is 5.91 Å². The quantitative estimate of drug-likeness (QED) is 0.705. The molecule has 2 heterocycles. The molecule has 0 aliphatic heterocycles. The van der Waals surface area contributed by atoms with E-state index in [1.165, 1.54) is 11.3 Å². The number of rotatable bonds is 4. The summed E-state index contributed by atoms with van der Waals surface area (Å²) in [5.74, 6) is 1.08. The number of thiophene rings is 1. The van der Waals surface area contributed by atoms with Crippen molar-refractivity contribution in [2.45, 2.75) is 33.1 Å². The number of nitrogens with zero attached hydrogens (tertiary/aromatic N) is 2. The standard InChI is InChI=1S/C21H19N3O3S/c1-4-14-11(2)28-21(17(14)10-22)23-20(25)18-16-7-5-12-9-13(26-3)6-8-15(12)19(16)27-24-18/h6,8-9H,4-5,7H2,1-3H3,(H,23,25). The summed E-state index contributed by atoms with van der Waals surface area (Å²) in [5, 5.41) is 17.0. The van der Waals surface area contributed by atoms with Crippen LogP contribution in [0.5, 0.6) is 5.75 Å². The number of aryl methyl sites for hydroxylation is 2. The number of aromatic nitrogens is 1. The molecule has 7 heteroatoms. The van der Waals surface area contributed by atoms with Crippen LogP contribution in [0.25, 0.3) is 11.3 Å². The first-order valence-corrected chi connectivity index (χ1v) is 9.88. The van der Waals surface area contributed by atoms with Crippen LogP contribution in [0.4, 0.5) is 5.00 Å². The van der Waals surface area contributed by atoms with Gasteiger partial charge in [-0.1, -0.05) is 12.1 Å². The maximum atomic E-state index is 12.9. The van der Waals surface area contributed by atoms with Crippen LogP contribution in [0, 0.1) is 18.3 Å². The largest absolute Gasteiger partial charge is 0.497 e. The molecule has 1 aromatic carbocycles. The lowest BCUT2D eigenvalue weighted by molar-refractivity contribution is 0.101. The number of carbonyl (C=O) groups excluding carboxylic acids is 1. The van der Waals surface area contributed by atoms with E-state index in [9.17, 15) is 10.1 Å². The minimum Gasteiger partial charge on any atom is -0.497 e. The lowest BCUT2D eigenvalue weighted by Crippen LogP contribution is -2.15. The average molecular weight is 393 g/mol. The Balaban J connectivity index is 1.67. The number of nitriles is 1. The van der Waals surface area contributed by atoms with Crippen molar-refractivity contribution in [2.24, 2.45) is 0 Å². The second-order valence-corrected chi connectivity index (χ2v) is 7.85. The summed E-state index contributed by atoms with van der Waals surface area (Å²) in [4.78, 5) is 13.9. The molecule has 1 amide bonds. The second-order valence-electron chi connectivity index (χ2n) is 6.62. The van der Waals surface area contributed by atoms with Gasteiger partial charge in [-0.05, 0) is 55.5 Å². The van der Waals surface area contributed by atoms with Crippen molar-refractivity contribution in [3.05, 3.63) is 51.0 Å². The van der Waals surface area contributed by atoms with E-state index in [4.69, 9.17) is 9.26 Å². The van der Waals surface area contributed by atoms with Crippen LogP contribution >= 0.6 is 11.3 Å². The van der Waals surface area contributed by atoms with Crippen molar-refractivity contribution in [1.82, 2.24) is 5.16 Å². The van der Waals surface area contributed by atoms with Crippen LogP contribution in [0.3, 0.4) is 0 Å². The first-order valence-electron chi connectivity index (χ1n) is 9.06. The molecule has 1 N–H and O–H groups in total. The zero-order chi connectivity index (χ0) is 19.8. The first-order chi connectivity index (χ1) is 13.6. The summed E-state index contributed by atoms with van der Waals surface area (Å²) in [6.45, 7) is 3.96. The van der Waals surface area contributed by atoms with Gasteiger partial charge in [-0.3, -0.25) is 4.79 Å². The Morgan fingerprint density at radius 2 is 2.25 bits per heavy atom. The van der Waals surface area contributed by atoms with Crippen molar-refractivity contribution >= 4 is 22.2 Å². The van der Waals surface area contributed by atoms with Gasteiger partial charge < -0.3 is 14.6 Å². The number of ether oxygens (including phenoxy) is 1. The summed E-state index contributed by atoms with van der Waals surface area (Å²) >= 11 is 1.42. The lowest BCUT2D eigenvalue weighted by atomic mass is 9.89. The SMILES string of the molecule is CCc1c(C)sc(NC(=O)c2noc3c2CCc2cc(OC)ccc2-3)c1C#N. The summed E-state index contributed by atoms with van der Waals surface area (Å²) in [6.07, 6.45) is 2.19. The topological polar surface area (TPSA) is 88.2 Å². The number of hydrogen-bond acceptors (Lipinski definition) is 6. The van der Waals surface area contributed by atoms with Gasteiger partial charge in [0.1, 0.15) is 16.8 Å². The molecule has 6 nitrogen and oxygen atoms in total. The Morgan fingerprint density at radius 1 is 1.43 bits per heavy atom. The van der Waals surface area contributed by atoms with E-state index in [0.717, 1.165) is 45.7 Å².